The average molecular weight is 306 g/mol. The summed E-state index contributed by atoms with van der Waals surface area (Å²) in [7, 11) is 1.49. The highest BCUT2D eigenvalue weighted by Gasteiger charge is 2.14. The third-order valence-electron chi connectivity index (χ3n) is 2.54. The topological polar surface area (TPSA) is 80.3 Å². The SMILES string of the molecule is COc1ccc(NC(=O)C(=O)Nc2cccnc2)cc1Cl. The Morgan fingerprint density at radius 2 is 1.86 bits per heavy atom. The lowest BCUT2D eigenvalue weighted by molar-refractivity contribution is -0.133. The lowest BCUT2D eigenvalue weighted by Gasteiger charge is -2.08. The number of carbonyl (C=O) groups excluding carboxylic acids is 2. The quantitative estimate of drug-likeness (QED) is 0.853. The Balaban J connectivity index is 2.01. The standard InChI is InChI=1S/C14H12ClN3O3/c1-21-12-5-4-9(7-11(12)15)17-13(19)14(20)18-10-3-2-6-16-8-10/h2-8H,1H3,(H,17,19)(H,18,20). The molecule has 0 radical (unpaired) electrons. The second-order valence-corrected chi connectivity index (χ2v) is 4.41. The number of carbonyl (C=O) groups is 2. The van der Waals surface area contributed by atoms with Gasteiger partial charge in [-0.25, -0.2) is 0 Å². The number of ether oxygens (including phenoxy) is 1. The molecule has 1 aromatic carbocycles. The van der Waals surface area contributed by atoms with Gasteiger partial charge in [-0.3, -0.25) is 14.6 Å². The van der Waals surface area contributed by atoms with Crippen molar-refractivity contribution in [3.63, 3.8) is 0 Å². The van der Waals surface area contributed by atoms with E-state index in [1.807, 2.05) is 0 Å². The summed E-state index contributed by atoms with van der Waals surface area (Å²) in [6.07, 6.45) is 3.00. The molecule has 0 bridgehead atoms. The van der Waals surface area contributed by atoms with Gasteiger partial charge in [0, 0.05) is 11.9 Å². The zero-order valence-electron chi connectivity index (χ0n) is 11.1. The first-order chi connectivity index (χ1) is 10.1. The number of methoxy groups -OCH3 is 1. The summed E-state index contributed by atoms with van der Waals surface area (Å²) < 4.78 is 5.00. The smallest absolute Gasteiger partial charge is 0.314 e. The fraction of sp³-hybridized carbons (Fsp3) is 0.0714. The molecule has 21 heavy (non-hydrogen) atoms. The van der Waals surface area contributed by atoms with Crippen LogP contribution in [0.5, 0.6) is 5.75 Å². The second kappa shape index (κ2) is 6.71. The van der Waals surface area contributed by atoms with Crippen LogP contribution in [0.2, 0.25) is 5.02 Å². The van der Waals surface area contributed by atoms with Crippen LogP contribution in [0, 0.1) is 0 Å². The van der Waals surface area contributed by atoms with E-state index in [0.29, 0.717) is 22.1 Å². The molecule has 1 heterocycles. The molecular formula is C14H12ClN3O3. The van der Waals surface area contributed by atoms with Crippen molar-refractivity contribution in [2.75, 3.05) is 17.7 Å². The normalized spacial score (nSPS) is 9.81. The maximum Gasteiger partial charge on any atom is 0.314 e. The molecule has 0 aliphatic rings. The van der Waals surface area contributed by atoms with Gasteiger partial charge in [0.15, 0.2) is 0 Å². The van der Waals surface area contributed by atoms with E-state index in [1.165, 1.54) is 19.4 Å². The van der Waals surface area contributed by atoms with E-state index in [4.69, 9.17) is 16.3 Å². The van der Waals surface area contributed by atoms with Crippen LogP contribution in [0.15, 0.2) is 42.7 Å². The molecule has 0 saturated carbocycles. The van der Waals surface area contributed by atoms with Crippen LogP contribution >= 0.6 is 11.6 Å². The van der Waals surface area contributed by atoms with E-state index in [9.17, 15) is 9.59 Å². The Hall–Kier alpha value is -2.60. The van der Waals surface area contributed by atoms with E-state index in [0.717, 1.165) is 0 Å². The van der Waals surface area contributed by atoms with Crippen LogP contribution in [0.25, 0.3) is 0 Å². The van der Waals surface area contributed by atoms with E-state index in [2.05, 4.69) is 15.6 Å². The van der Waals surface area contributed by atoms with Crippen LogP contribution in [0.3, 0.4) is 0 Å². The molecule has 2 aromatic rings. The van der Waals surface area contributed by atoms with Crippen molar-refractivity contribution in [3.05, 3.63) is 47.7 Å². The number of amides is 2. The number of hydrogen-bond acceptors (Lipinski definition) is 4. The largest absolute Gasteiger partial charge is 0.495 e. The maximum atomic E-state index is 11.8. The Labute approximate surface area is 126 Å². The summed E-state index contributed by atoms with van der Waals surface area (Å²) in [5.41, 5.74) is 0.831. The molecule has 0 aliphatic carbocycles. The van der Waals surface area contributed by atoms with Gasteiger partial charge in [-0.1, -0.05) is 11.6 Å². The van der Waals surface area contributed by atoms with Crippen molar-refractivity contribution < 1.29 is 14.3 Å². The average Bonchev–Trinajstić information content (AvgIpc) is 2.48. The lowest BCUT2D eigenvalue weighted by atomic mass is 10.3. The highest BCUT2D eigenvalue weighted by Crippen LogP contribution is 2.27. The first-order valence-corrected chi connectivity index (χ1v) is 6.34. The summed E-state index contributed by atoms with van der Waals surface area (Å²) in [5.74, 6) is -1.12. The molecule has 0 unspecified atom stereocenters. The minimum atomic E-state index is -0.805. The number of benzene rings is 1. The molecule has 108 valence electrons. The van der Waals surface area contributed by atoms with Crippen molar-refractivity contribution in [1.82, 2.24) is 4.98 Å². The molecular weight excluding hydrogens is 294 g/mol. The number of pyridine rings is 1. The van der Waals surface area contributed by atoms with E-state index in [1.54, 1.807) is 30.5 Å². The zero-order chi connectivity index (χ0) is 15.2. The summed E-state index contributed by atoms with van der Waals surface area (Å²) >= 11 is 5.94. The lowest BCUT2D eigenvalue weighted by Crippen LogP contribution is -2.29. The third kappa shape index (κ3) is 3.93. The zero-order valence-corrected chi connectivity index (χ0v) is 11.8. The van der Waals surface area contributed by atoms with E-state index >= 15 is 0 Å². The summed E-state index contributed by atoms with van der Waals surface area (Å²) in [4.78, 5) is 27.3. The summed E-state index contributed by atoms with van der Waals surface area (Å²) in [5, 5.41) is 5.21. The number of anilines is 2. The van der Waals surface area contributed by atoms with Gasteiger partial charge in [0.2, 0.25) is 0 Å². The fourth-order valence-electron chi connectivity index (χ4n) is 1.56. The van der Waals surface area contributed by atoms with Gasteiger partial charge in [-0.15, -0.1) is 0 Å². The first-order valence-electron chi connectivity index (χ1n) is 5.96. The van der Waals surface area contributed by atoms with Crippen LogP contribution in [-0.2, 0) is 9.59 Å². The predicted molar refractivity (Wildman–Crippen MR) is 79.5 cm³/mol. The van der Waals surface area contributed by atoms with Gasteiger partial charge < -0.3 is 15.4 Å². The van der Waals surface area contributed by atoms with Crippen LogP contribution in [0.4, 0.5) is 11.4 Å². The fourth-order valence-corrected chi connectivity index (χ4v) is 1.81. The molecule has 2 amide bonds. The Bertz CT molecular complexity index is 662. The van der Waals surface area contributed by atoms with Gasteiger partial charge in [0.05, 0.1) is 24.0 Å². The Morgan fingerprint density at radius 1 is 1.14 bits per heavy atom. The molecule has 7 heteroatoms. The Morgan fingerprint density at radius 3 is 2.43 bits per heavy atom. The van der Waals surface area contributed by atoms with Crippen LogP contribution < -0.4 is 15.4 Å². The molecule has 0 aliphatic heterocycles. The second-order valence-electron chi connectivity index (χ2n) is 4.00. The number of nitrogens with zero attached hydrogens (tertiary/aromatic N) is 1. The molecule has 2 N–H and O–H groups in total. The van der Waals surface area contributed by atoms with Crippen molar-refractivity contribution in [2.45, 2.75) is 0 Å². The van der Waals surface area contributed by atoms with Crippen molar-refractivity contribution in [1.29, 1.82) is 0 Å². The number of halogens is 1. The van der Waals surface area contributed by atoms with Crippen molar-refractivity contribution in [3.8, 4) is 5.75 Å². The molecule has 6 nitrogen and oxygen atoms in total. The molecule has 1 aromatic heterocycles. The van der Waals surface area contributed by atoms with Crippen LogP contribution in [0.1, 0.15) is 0 Å². The van der Waals surface area contributed by atoms with E-state index in [-0.39, 0.29) is 0 Å². The summed E-state index contributed by atoms with van der Waals surface area (Å²) in [6, 6.07) is 7.95. The predicted octanol–water partition coefficient (Wildman–Crippen LogP) is 2.32. The molecule has 0 atom stereocenters. The molecule has 0 saturated heterocycles. The number of nitrogens with one attached hydrogen (secondary N) is 2. The van der Waals surface area contributed by atoms with Gasteiger partial charge >= 0.3 is 11.8 Å². The van der Waals surface area contributed by atoms with Crippen LogP contribution in [-0.4, -0.2) is 23.9 Å². The first kappa shape index (κ1) is 14.8. The van der Waals surface area contributed by atoms with Gasteiger partial charge in [0.1, 0.15) is 5.75 Å². The molecule has 0 fully saturated rings. The molecule has 2 rings (SSSR count). The van der Waals surface area contributed by atoms with Gasteiger partial charge in [-0.2, -0.15) is 0 Å². The van der Waals surface area contributed by atoms with Crippen molar-refractivity contribution in [2.24, 2.45) is 0 Å². The minimum Gasteiger partial charge on any atom is -0.495 e. The monoisotopic (exact) mass is 305 g/mol. The maximum absolute atomic E-state index is 11.8. The van der Waals surface area contributed by atoms with Crippen molar-refractivity contribution >= 4 is 34.8 Å². The highest BCUT2D eigenvalue weighted by atomic mass is 35.5. The van der Waals surface area contributed by atoms with Gasteiger partial charge in [-0.05, 0) is 30.3 Å². The van der Waals surface area contributed by atoms with Gasteiger partial charge in [0.25, 0.3) is 0 Å². The molecule has 0 spiro atoms. The van der Waals surface area contributed by atoms with E-state index < -0.39 is 11.8 Å². The number of hydrogen-bond donors (Lipinski definition) is 2. The number of rotatable bonds is 3. The highest BCUT2D eigenvalue weighted by molar-refractivity contribution is 6.43. The summed E-state index contributed by atoms with van der Waals surface area (Å²) in [6.45, 7) is 0. The Kier molecular flexibility index (Phi) is 4.73. The number of aromatic nitrogens is 1. The third-order valence-corrected chi connectivity index (χ3v) is 2.83. The minimum absolute atomic E-state index is 0.336.